The second-order valence-electron chi connectivity index (χ2n) is 6.02. The van der Waals surface area contributed by atoms with Crippen molar-refractivity contribution in [3.8, 4) is 16.9 Å². The summed E-state index contributed by atoms with van der Waals surface area (Å²) in [4.78, 5) is 12.2. The molecular formula is C22H18Cl2N2O2. The van der Waals surface area contributed by atoms with Crippen LogP contribution in [0.4, 0.5) is 0 Å². The van der Waals surface area contributed by atoms with Gasteiger partial charge in [-0.1, -0.05) is 71.7 Å². The van der Waals surface area contributed by atoms with Gasteiger partial charge in [-0.2, -0.15) is 5.10 Å². The maximum absolute atomic E-state index is 12.2. The van der Waals surface area contributed by atoms with Crippen LogP contribution in [-0.4, -0.2) is 18.2 Å². The summed E-state index contributed by atoms with van der Waals surface area (Å²) in [5, 5.41) is 4.81. The Labute approximate surface area is 173 Å². The van der Waals surface area contributed by atoms with E-state index < -0.39 is 6.10 Å². The Morgan fingerprint density at radius 3 is 2.18 bits per heavy atom. The number of ether oxygens (including phenoxy) is 1. The Bertz CT molecular complexity index is 953. The van der Waals surface area contributed by atoms with E-state index in [2.05, 4.69) is 10.5 Å². The first-order chi connectivity index (χ1) is 13.5. The van der Waals surface area contributed by atoms with Crippen LogP contribution in [0.3, 0.4) is 0 Å². The molecule has 0 aromatic heterocycles. The molecule has 6 heteroatoms. The second kappa shape index (κ2) is 9.40. The predicted octanol–water partition coefficient (Wildman–Crippen LogP) is 5.58. The highest BCUT2D eigenvalue weighted by molar-refractivity contribution is 6.38. The molecule has 0 saturated carbocycles. The molecule has 3 aromatic carbocycles. The molecule has 0 bridgehead atoms. The third-order valence-corrected chi connectivity index (χ3v) is 4.67. The highest BCUT2D eigenvalue weighted by Gasteiger charge is 2.14. The Hall–Kier alpha value is -2.82. The number of hydrogen-bond acceptors (Lipinski definition) is 3. The molecule has 0 radical (unpaired) electrons. The highest BCUT2D eigenvalue weighted by atomic mass is 35.5. The van der Waals surface area contributed by atoms with Crippen molar-refractivity contribution in [2.75, 3.05) is 0 Å². The number of amides is 1. The smallest absolute Gasteiger partial charge is 0.280 e. The molecule has 4 nitrogen and oxygen atoms in total. The van der Waals surface area contributed by atoms with E-state index >= 15 is 0 Å². The fourth-order valence-electron chi connectivity index (χ4n) is 2.50. The zero-order valence-electron chi connectivity index (χ0n) is 15.1. The Morgan fingerprint density at radius 2 is 1.54 bits per heavy atom. The molecule has 28 heavy (non-hydrogen) atoms. The first-order valence-corrected chi connectivity index (χ1v) is 9.39. The van der Waals surface area contributed by atoms with Crippen LogP contribution in [-0.2, 0) is 4.79 Å². The second-order valence-corrected chi connectivity index (χ2v) is 6.83. The number of nitrogens with one attached hydrogen (secondary N) is 1. The average Bonchev–Trinajstić information content (AvgIpc) is 2.71. The summed E-state index contributed by atoms with van der Waals surface area (Å²) in [6, 6.07) is 22.7. The lowest BCUT2D eigenvalue weighted by Crippen LogP contribution is -2.33. The van der Waals surface area contributed by atoms with Gasteiger partial charge in [0.15, 0.2) is 6.10 Å². The first-order valence-electron chi connectivity index (χ1n) is 8.63. The van der Waals surface area contributed by atoms with Crippen LogP contribution in [0, 0.1) is 0 Å². The van der Waals surface area contributed by atoms with Crippen LogP contribution in [0.1, 0.15) is 12.5 Å². The number of hydrazone groups is 1. The van der Waals surface area contributed by atoms with Crippen LogP contribution < -0.4 is 10.2 Å². The highest BCUT2D eigenvalue weighted by Crippen LogP contribution is 2.23. The molecule has 3 aromatic rings. The van der Waals surface area contributed by atoms with Gasteiger partial charge in [0, 0.05) is 5.56 Å². The van der Waals surface area contributed by atoms with E-state index in [1.165, 1.54) is 6.21 Å². The molecule has 0 heterocycles. The van der Waals surface area contributed by atoms with Crippen molar-refractivity contribution in [1.82, 2.24) is 5.43 Å². The van der Waals surface area contributed by atoms with Crippen LogP contribution in [0.5, 0.6) is 5.75 Å². The molecule has 0 aliphatic carbocycles. The average molecular weight is 413 g/mol. The summed E-state index contributed by atoms with van der Waals surface area (Å²) < 4.78 is 5.68. The number of halogens is 2. The molecule has 0 aliphatic heterocycles. The van der Waals surface area contributed by atoms with Crippen LogP contribution in [0.25, 0.3) is 11.1 Å². The van der Waals surface area contributed by atoms with Gasteiger partial charge in [-0.25, -0.2) is 5.43 Å². The summed E-state index contributed by atoms with van der Waals surface area (Å²) in [7, 11) is 0. The van der Waals surface area contributed by atoms with Gasteiger partial charge in [-0.05, 0) is 42.3 Å². The molecule has 1 N–H and O–H groups in total. The summed E-state index contributed by atoms with van der Waals surface area (Å²) in [5.74, 6) is 0.215. The fourth-order valence-corrected chi connectivity index (χ4v) is 2.99. The zero-order chi connectivity index (χ0) is 19.9. The molecule has 0 fully saturated rings. The summed E-state index contributed by atoms with van der Waals surface area (Å²) in [6.07, 6.45) is 0.686. The normalized spacial score (nSPS) is 12.0. The van der Waals surface area contributed by atoms with E-state index in [4.69, 9.17) is 27.9 Å². The van der Waals surface area contributed by atoms with E-state index in [1.807, 2.05) is 54.6 Å². The van der Waals surface area contributed by atoms with Gasteiger partial charge in [0.1, 0.15) is 5.75 Å². The third-order valence-electron chi connectivity index (χ3n) is 4.01. The van der Waals surface area contributed by atoms with Gasteiger partial charge in [-0.3, -0.25) is 4.79 Å². The molecule has 0 aliphatic rings. The Kier molecular flexibility index (Phi) is 6.69. The summed E-state index contributed by atoms with van der Waals surface area (Å²) >= 11 is 12.1. The molecule has 1 amide bonds. The maximum atomic E-state index is 12.2. The lowest BCUT2D eigenvalue weighted by atomic mass is 10.1. The number of nitrogens with zero attached hydrogens (tertiary/aromatic N) is 1. The van der Waals surface area contributed by atoms with E-state index in [0.29, 0.717) is 21.4 Å². The van der Waals surface area contributed by atoms with Gasteiger partial charge in [0.2, 0.25) is 0 Å². The number of benzene rings is 3. The molecule has 0 spiro atoms. The number of rotatable bonds is 6. The van der Waals surface area contributed by atoms with Crippen molar-refractivity contribution >= 4 is 35.3 Å². The summed E-state index contributed by atoms with van der Waals surface area (Å²) in [5.41, 5.74) is 5.16. The quantitative estimate of drug-likeness (QED) is 0.424. The van der Waals surface area contributed by atoms with Crippen molar-refractivity contribution in [1.29, 1.82) is 0 Å². The Balaban J connectivity index is 1.57. The van der Waals surface area contributed by atoms with E-state index in [9.17, 15) is 4.79 Å². The standard InChI is InChI=1S/C22H18Cl2N2O2/c1-15(22(27)26-25-14-19-20(23)8-5-9-21(19)24)28-18-12-10-17(11-13-18)16-6-3-2-4-7-16/h2-15H,1H3,(H,26,27)/b25-14-/t15-/m0/s1. The van der Waals surface area contributed by atoms with Crippen molar-refractivity contribution < 1.29 is 9.53 Å². The van der Waals surface area contributed by atoms with Crippen LogP contribution >= 0.6 is 23.2 Å². The zero-order valence-corrected chi connectivity index (χ0v) is 16.6. The van der Waals surface area contributed by atoms with E-state index in [1.54, 1.807) is 25.1 Å². The molecule has 0 saturated heterocycles. The molecular weight excluding hydrogens is 395 g/mol. The SMILES string of the molecule is C[C@H](Oc1ccc(-c2ccccc2)cc1)C(=O)N/N=C\c1c(Cl)cccc1Cl. The van der Waals surface area contributed by atoms with Gasteiger partial charge in [0.05, 0.1) is 16.3 Å². The topological polar surface area (TPSA) is 50.7 Å². The van der Waals surface area contributed by atoms with Crippen molar-refractivity contribution in [3.63, 3.8) is 0 Å². The van der Waals surface area contributed by atoms with Gasteiger partial charge in [-0.15, -0.1) is 0 Å². The van der Waals surface area contributed by atoms with Crippen molar-refractivity contribution in [3.05, 3.63) is 88.4 Å². The number of hydrogen-bond donors (Lipinski definition) is 1. The minimum absolute atomic E-state index is 0.383. The number of carbonyl (C=O) groups is 1. The van der Waals surface area contributed by atoms with E-state index in [0.717, 1.165) is 11.1 Å². The molecule has 1 atom stereocenters. The maximum Gasteiger partial charge on any atom is 0.280 e. The van der Waals surface area contributed by atoms with Gasteiger partial charge >= 0.3 is 0 Å². The van der Waals surface area contributed by atoms with Gasteiger partial charge < -0.3 is 4.74 Å². The van der Waals surface area contributed by atoms with Gasteiger partial charge in [0.25, 0.3) is 5.91 Å². The van der Waals surface area contributed by atoms with Crippen molar-refractivity contribution in [2.24, 2.45) is 5.10 Å². The molecule has 3 rings (SSSR count). The lowest BCUT2D eigenvalue weighted by molar-refractivity contribution is -0.127. The number of carbonyl (C=O) groups excluding carboxylic acids is 1. The fraction of sp³-hybridized carbons (Fsp3) is 0.0909. The Morgan fingerprint density at radius 1 is 0.929 bits per heavy atom. The molecule has 142 valence electrons. The largest absolute Gasteiger partial charge is 0.481 e. The lowest BCUT2D eigenvalue weighted by Gasteiger charge is -2.13. The van der Waals surface area contributed by atoms with Crippen molar-refractivity contribution in [2.45, 2.75) is 13.0 Å². The predicted molar refractivity (Wildman–Crippen MR) is 114 cm³/mol. The monoisotopic (exact) mass is 412 g/mol. The van der Waals surface area contributed by atoms with E-state index in [-0.39, 0.29) is 5.91 Å². The molecule has 0 unspecified atom stereocenters. The first kappa shape index (κ1) is 19.9. The van der Waals surface area contributed by atoms with Crippen LogP contribution in [0.15, 0.2) is 77.9 Å². The van der Waals surface area contributed by atoms with Crippen LogP contribution in [0.2, 0.25) is 10.0 Å². The summed E-state index contributed by atoms with van der Waals surface area (Å²) in [6.45, 7) is 1.65. The third kappa shape index (κ3) is 5.12. The minimum atomic E-state index is -0.721. The minimum Gasteiger partial charge on any atom is -0.481 e.